The third kappa shape index (κ3) is 2.83. The Morgan fingerprint density at radius 2 is 2.06 bits per heavy atom. The number of benzene rings is 1. The maximum absolute atomic E-state index is 6.15. The Bertz CT molecular complexity index is 534. The number of aromatic nitrogens is 2. The Hall–Kier alpha value is -1.52. The largest absolute Gasteiger partial charge is 0.384 e. The van der Waals surface area contributed by atoms with E-state index < -0.39 is 0 Å². The summed E-state index contributed by atoms with van der Waals surface area (Å²) in [5.41, 5.74) is 7.68. The molecule has 0 fully saturated rings. The van der Waals surface area contributed by atoms with E-state index in [1.165, 1.54) is 0 Å². The Kier molecular flexibility index (Phi) is 3.89. The molecule has 5 heteroatoms. The smallest absolute Gasteiger partial charge is 0.122 e. The van der Waals surface area contributed by atoms with Gasteiger partial charge in [0, 0.05) is 18.2 Å². The molecule has 2 N–H and O–H groups in total. The molecule has 0 unspecified atom stereocenters. The first-order valence-corrected chi connectivity index (χ1v) is 6.18. The van der Waals surface area contributed by atoms with Crippen molar-refractivity contribution in [2.45, 2.75) is 6.54 Å². The van der Waals surface area contributed by atoms with E-state index in [-0.39, 0.29) is 0 Å². The summed E-state index contributed by atoms with van der Waals surface area (Å²) in [4.78, 5) is 2.09. The lowest BCUT2D eigenvalue weighted by Crippen LogP contribution is -2.19. The van der Waals surface area contributed by atoms with E-state index in [4.69, 9.17) is 17.3 Å². The highest BCUT2D eigenvalue weighted by atomic mass is 35.5. The number of nitrogen functional groups attached to an aromatic ring is 1. The van der Waals surface area contributed by atoms with Gasteiger partial charge in [-0.25, -0.2) is 4.68 Å². The van der Waals surface area contributed by atoms with E-state index >= 15 is 0 Å². The Balaban J connectivity index is 2.26. The highest BCUT2D eigenvalue weighted by Crippen LogP contribution is 2.27. The van der Waals surface area contributed by atoms with Gasteiger partial charge < -0.3 is 10.6 Å². The third-order valence-electron chi connectivity index (χ3n) is 2.72. The molecule has 1 heterocycles. The zero-order valence-corrected chi connectivity index (χ0v) is 11.4. The van der Waals surface area contributed by atoms with Crippen LogP contribution in [0.4, 0.5) is 5.82 Å². The van der Waals surface area contributed by atoms with Crippen LogP contribution in [0, 0.1) is 0 Å². The SMILES string of the molecule is CN(C)CCn1nc(-c2ccccc2Cl)cc1N. The van der Waals surface area contributed by atoms with Crippen molar-refractivity contribution < 1.29 is 0 Å². The fourth-order valence-corrected chi connectivity index (χ4v) is 1.94. The Morgan fingerprint density at radius 1 is 1.33 bits per heavy atom. The lowest BCUT2D eigenvalue weighted by molar-refractivity contribution is 0.375. The molecule has 0 radical (unpaired) electrons. The first-order valence-electron chi connectivity index (χ1n) is 5.81. The summed E-state index contributed by atoms with van der Waals surface area (Å²) in [6.07, 6.45) is 0. The van der Waals surface area contributed by atoms with Gasteiger partial charge in [-0.1, -0.05) is 29.8 Å². The van der Waals surface area contributed by atoms with Crippen molar-refractivity contribution in [2.75, 3.05) is 26.4 Å². The predicted molar refractivity (Wildman–Crippen MR) is 75.6 cm³/mol. The zero-order chi connectivity index (χ0) is 13.1. The van der Waals surface area contributed by atoms with Crippen molar-refractivity contribution in [1.82, 2.24) is 14.7 Å². The quantitative estimate of drug-likeness (QED) is 0.922. The normalized spacial score (nSPS) is 11.1. The summed E-state index contributed by atoms with van der Waals surface area (Å²) in [6.45, 7) is 1.66. The van der Waals surface area contributed by atoms with Crippen molar-refractivity contribution in [1.29, 1.82) is 0 Å². The number of nitrogens with two attached hydrogens (primary N) is 1. The van der Waals surface area contributed by atoms with Gasteiger partial charge in [0.15, 0.2) is 0 Å². The van der Waals surface area contributed by atoms with Gasteiger partial charge in [-0.3, -0.25) is 0 Å². The lowest BCUT2D eigenvalue weighted by atomic mass is 10.1. The average Bonchev–Trinajstić information content (AvgIpc) is 2.68. The molecule has 0 atom stereocenters. The summed E-state index contributed by atoms with van der Waals surface area (Å²) >= 11 is 6.15. The molecular weight excluding hydrogens is 248 g/mol. The summed E-state index contributed by atoms with van der Waals surface area (Å²) in [6, 6.07) is 9.50. The maximum Gasteiger partial charge on any atom is 0.122 e. The van der Waals surface area contributed by atoms with Gasteiger partial charge in [0.1, 0.15) is 5.82 Å². The first-order chi connectivity index (χ1) is 8.58. The van der Waals surface area contributed by atoms with Gasteiger partial charge in [0.05, 0.1) is 17.3 Å². The highest BCUT2D eigenvalue weighted by Gasteiger charge is 2.09. The molecule has 96 valence electrons. The van der Waals surface area contributed by atoms with Crippen LogP contribution in [0.5, 0.6) is 0 Å². The minimum atomic E-state index is 0.659. The van der Waals surface area contributed by atoms with Gasteiger partial charge in [-0.15, -0.1) is 0 Å². The van der Waals surface area contributed by atoms with Crippen molar-refractivity contribution in [3.05, 3.63) is 35.4 Å². The molecule has 0 spiro atoms. The molecule has 2 aromatic rings. The second-order valence-corrected chi connectivity index (χ2v) is 4.87. The molecule has 0 saturated heterocycles. The molecule has 1 aromatic carbocycles. The average molecular weight is 265 g/mol. The minimum absolute atomic E-state index is 0.659. The van der Waals surface area contributed by atoms with Crippen LogP contribution in [0.1, 0.15) is 0 Å². The van der Waals surface area contributed by atoms with Crippen LogP contribution in [-0.2, 0) is 6.54 Å². The third-order valence-corrected chi connectivity index (χ3v) is 3.05. The van der Waals surface area contributed by atoms with Gasteiger partial charge >= 0.3 is 0 Å². The fraction of sp³-hybridized carbons (Fsp3) is 0.308. The fourth-order valence-electron chi connectivity index (χ4n) is 1.71. The summed E-state index contributed by atoms with van der Waals surface area (Å²) < 4.78 is 1.80. The molecule has 2 rings (SSSR count). The summed E-state index contributed by atoms with van der Waals surface area (Å²) in [5.74, 6) is 0.659. The number of rotatable bonds is 4. The molecule has 0 aliphatic carbocycles. The van der Waals surface area contributed by atoms with Crippen LogP contribution in [0.3, 0.4) is 0 Å². The topological polar surface area (TPSA) is 47.1 Å². The Morgan fingerprint density at radius 3 is 2.72 bits per heavy atom. The molecule has 0 saturated carbocycles. The molecule has 18 heavy (non-hydrogen) atoms. The molecule has 0 bridgehead atoms. The van der Waals surface area contributed by atoms with Crippen LogP contribution < -0.4 is 5.73 Å². The van der Waals surface area contributed by atoms with E-state index in [0.717, 1.165) is 24.3 Å². The first kappa shape index (κ1) is 12.9. The number of hydrogen-bond donors (Lipinski definition) is 1. The van der Waals surface area contributed by atoms with Crippen LogP contribution in [0.15, 0.2) is 30.3 Å². The second kappa shape index (κ2) is 5.42. The van der Waals surface area contributed by atoms with Crippen LogP contribution in [0.2, 0.25) is 5.02 Å². The molecule has 1 aromatic heterocycles. The number of likely N-dealkylation sites (N-methyl/N-ethyl adjacent to an activating group) is 1. The standard InChI is InChI=1S/C13H17ClN4/c1-17(2)7-8-18-13(15)9-12(16-18)10-5-3-4-6-11(10)14/h3-6,9H,7-8,15H2,1-2H3. The molecular formula is C13H17ClN4. The van der Waals surface area contributed by atoms with Crippen LogP contribution in [-0.4, -0.2) is 35.3 Å². The van der Waals surface area contributed by atoms with Crippen LogP contribution in [0.25, 0.3) is 11.3 Å². The van der Waals surface area contributed by atoms with Gasteiger partial charge in [0.2, 0.25) is 0 Å². The molecule has 0 amide bonds. The van der Waals surface area contributed by atoms with E-state index in [0.29, 0.717) is 10.8 Å². The highest BCUT2D eigenvalue weighted by molar-refractivity contribution is 6.33. The molecule has 4 nitrogen and oxygen atoms in total. The monoisotopic (exact) mass is 264 g/mol. The maximum atomic E-state index is 6.15. The molecule has 0 aliphatic heterocycles. The van der Waals surface area contributed by atoms with Crippen molar-refractivity contribution in [2.24, 2.45) is 0 Å². The predicted octanol–water partition coefficient (Wildman–Crippen LogP) is 2.35. The van der Waals surface area contributed by atoms with Crippen molar-refractivity contribution in [3.8, 4) is 11.3 Å². The van der Waals surface area contributed by atoms with Crippen LogP contribution >= 0.6 is 11.6 Å². The van der Waals surface area contributed by atoms with E-state index in [9.17, 15) is 0 Å². The Labute approximate surface area is 112 Å². The second-order valence-electron chi connectivity index (χ2n) is 4.46. The summed E-state index contributed by atoms with van der Waals surface area (Å²) in [5, 5.41) is 5.18. The van der Waals surface area contributed by atoms with Crippen molar-refractivity contribution >= 4 is 17.4 Å². The molecule has 0 aliphatic rings. The lowest BCUT2D eigenvalue weighted by Gasteiger charge is -2.09. The van der Waals surface area contributed by atoms with Crippen molar-refractivity contribution in [3.63, 3.8) is 0 Å². The number of hydrogen-bond acceptors (Lipinski definition) is 3. The van der Waals surface area contributed by atoms with E-state index in [2.05, 4.69) is 10.00 Å². The van der Waals surface area contributed by atoms with E-state index in [1.54, 1.807) is 4.68 Å². The van der Waals surface area contributed by atoms with Gasteiger partial charge in [-0.05, 0) is 20.2 Å². The van der Waals surface area contributed by atoms with E-state index in [1.807, 2.05) is 44.4 Å². The number of halogens is 1. The number of nitrogens with zero attached hydrogens (tertiary/aromatic N) is 3. The summed E-state index contributed by atoms with van der Waals surface area (Å²) in [7, 11) is 4.04. The van der Waals surface area contributed by atoms with Gasteiger partial charge in [-0.2, -0.15) is 5.10 Å². The number of anilines is 1. The zero-order valence-electron chi connectivity index (χ0n) is 10.6. The van der Waals surface area contributed by atoms with Gasteiger partial charge in [0.25, 0.3) is 0 Å². The minimum Gasteiger partial charge on any atom is -0.384 e.